The van der Waals surface area contributed by atoms with Gasteiger partial charge in [-0.15, -0.1) is 0 Å². The first-order chi connectivity index (χ1) is 8.91. The van der Waals surface area contributed by atoms with Gasteiger partial charge >= 0.3 is 0 Å². The minimum atomic E-state index is -0.407. The minimum Gasteiger partial charge on any atom is -0.393 e. The number of benzene rings is 1. The summed E-state index contributed by atoms with van der Waals surface area (Å²) in [7, 11) is 0. The van der Waals surface area contributed by atoms with E-state index in [1.165, 1.54) is 0 Å². The topological polar surface area (TPSA) is 75.4 Å². The maximum absolute atomic E-state index is 10.8. The summed E-state index contributed by atoms with van der Waals surface area (Å²) in [5.74, 6) is 0.246. The maximum atomic E-state index is 10.8. The molecule has 0 spiro atoms. The highest BCUT2D eigenvalue weighted by Crippen LogP contribution is 2.25. The number of nitro groups is 1. The van der Waals surface area contributed by atoms with Gasteiger partial charge in [0.15, 0.2) is 0 Å². The van der Waals surface area contributed by atoms with E-state index in [4.69, 9.17) is 0 Å². The highest BCUT2D eigenvalue weighted by Gasteiger charge is 2.12. The van der Waals surface area contributed by atoms with Gasteiger partial charge in [-0.1, -0.05) is 19.9 Å². The molecule has 1 atom stereocenters. The summed E-state index contributed by atoms with van der Waals surface area (Å²) >= 11 is 3.15. The second-order valence-corrected chi connectivity index (χ2v) is 5.67. The zero-order valence-electron chi connectivity index (χ0n) is 11.1. The number of nitrogens with one attached hydrogen (secondary N) is 1. The number of rotatable bonds is 7. The van der Waals surface area contributed by atoms with E-state index < -0.39 is 4.92 Å². The van der Waals surface area contributed by atoms with Gasteiger partial charge in [0.1, 0.15) is 0 Å². The van der Waals surface area contributed by atoms with Gasteiger partial charge in [-0.25, -0.2) is 0 Å². The Labute approximate surface area is 121 Å². The van der Waals surface area contributed by atoms with E-state index >= 15 is 0 Å². The molecule has 2 N–H and O–H groups in total. The van der Waals surface area contributed by atoms with Gasteiger partial charge < -0.3 is 10.4 Å². The number of hydrogen-bond donors (Lipinski definition) is 2. The quantitative estimate of drug-likeness (QED) is 0.458. The Hall–Kier alpha value is -0.980. The van der Waals surface area contributed by atoms with Crippen molar-refractivity contribution in [2.24, 2.45) is 5.92 Å². The van der Waals surface area contributed by atoms with Crippen LogP contribution in [0.25, 0.3) is 0 Å². The van der Waals surface area contributed by atoms with Gasteiger partial charge in [-0.3, -0.25) is 10.1 Å². The molecule has 0 saturated carbocycles. The van der Waals surface area contributed by atoms with Crippen LogP contribution in [0.5, 0.6) is 0 Å². The second-order valence-electron chi connectivity index (χ2n) is 4.82. The first-order valence-electron chi connectivity index (χ1n) is 6.23. The van der Waals surface area contributed by atoms with Crippen molar-refractivity contribution in [3.63, 3.8) is 0 Å². The Morgan fingerprint density at radius 1 is 1.47 bits per heavy atom. The molecular formula is C13H19BrN2O3. The van der Waals surface area contributed by atoms with Crippen LogP contribution in [0.15, 0.2) is 22.7 Å². The number of hydrogen-bond acceptors (Lipinski definition) is 4. The summed E-state index contributed by atoms with van der Waals surface area (Å²) in [5, 5.41) is 23.6. The largest absolute Gasteiger partial charge is 0.393 e. The van der Waals surface area contributed by atoms with Crippen LogP contribution in [0.2, 0.25) is 0 Å². The van der Waals surface area contributed by atoms with Crippen LogP contribution in [0.3, 0.4) is 0 Å². The standard InChI is InChI=1S/C13H19BrN2O3/c1-9(2)13(17)5-6-15-8-10-3-4-11(14)12(7-10)16(18)19/h3-4,7,9,13,15,17H,5-6,8H2,1-2H3. The molecule has 106 valence electrons. The molecule has 0 fully saturated rings. The molecule has 1 aromatic carbocycles. The van der Waals surface area contributed by atoms with Crippen LogP contribution >= 0.6 is 15.9 Å². The molecule has 0 aliphatic heterocycles. The number of aliphatic hydroxyl groups excluding tert-OH is 1. The molecule has 1 unspecified atom stereocenters. The van der Waals surface area contributed by atoms with Gasteiger partial charge in [0.2, 0.25) is 0 Å². The average molecular weight is 331 g/mol. The molecular weight excluding hydrogens is 312 g/mol. The van der Waals surface area contributed by atoms with Gasteiger partial charge in [-0.2, -0.15) is 0 Å². The SMILES string of the molecule is CC(C)C(O)CCNCc1ccc(Br)c([N+](=O)[O-])c1. The Kier molecular flexibility index (Phi) is 6.41. The summed E-state index contributed by atoms with van der Waals surface area (Å²) in [4.78, 5) is 10.4. The van der Waals surface area contributed by atoms with Crippen molar-refractivity contribution < 1.29 is 10.0 Å². The first-order valence-corrected chi connectivity index (χ1v) is 7.02. The highest BCUT2D eigenvalue weighted by molar-refractivity contribution is 9.10. The van der Waals surface area contributed by atoms with Gasteiger partial charge in [0.05, 0.1) is 15.5 Å². The predicted octanol–water partition coefficient (Wildman–Crippen LogP) is 2.85. The van der Waals surface area contributed by atoms with Crippen LogP contribution in [0.1, 0.15) is 25.8 Å². The fraction of sp³-hybridized carbons (Fsp3) is 0.538. The Balaban J connectivity index is 2.46. The van der Waals surface area contributed by atoms with Crippen molar-refractivity contribution in [3.8, 4) is 0 Å². The zero-order valence-corrected chi connectivity index (χ0v) is 12.7. The maximum Gasteiger partial charge on any atom is 0.283 e. The monoisotopic (exact) mass is 330 g/mol. The molecule has 19 heavy (non-hydrogen) atoms. The average Bonchev–Trinajstić information content (AvgIpc) is 2.35. The summed E-state index contributed by atoms with van der Waals surface area (Å²) < 4.78 is 0.483. The van der Waals surface area contributed by atoms with Crippen molar-refractivity contribution in [1.82, 2.24) is 5.32 Å². The van der Waals surface area contributed by atoms with Crippen LogP contribution in [0.4, 0.5) is 5.69 Å². The molecule has 0 aromatic heterocycles. The Bertz CT molecular complexity index is 438. The first kappa shape index (κ1) is 16.1. The lowest BCUT2D eigenvalue weighted by atomic mass is 10.0. The molecule has 1 rings (SSSR count). The molecule has 0 aliphatic carbocycles. The van der Waals surface area contributed by atoms with E-state index in [1.54, 1.807) is 12.1 Å². The third kappa shape index (κ3) is 5.26. The lowest BCUT2D eigenvalue weighted by Crippen LogP contribution is -2.23. The predicted molar refractivity (Wildman–Crippen MR) is 78.0 cm³/mol. The lowest BCUT2D eigenvalue weighted by molar-refractivity contribution is -0.385. The number of nitrogens with zero attached hydrogens (tertiary/aromatic N) is 1. The molecule has 0 amide bonds. The Morgan fingerprint density at radius 2 is 2.16 bits per heavy atom. The molecule has 6 heteroatoms. The van der Waals surface area contributed by atoms with E-state index in [2.05, 4.69) is 21.2 Å². The van der Waals surface area contributed by atoms with Crippen molar-refractivity contribution in [1.29, 1.82) is 0 Å². The van der Waals surface area contributed by atoms with Crippen LogP contribution in [-0.2, 0) is 6.54 Å². The van der Waals surface area contributed by atoms with Crippen molar-refractivity contribution in [2.75, 3.05) is 6.54 Å². The smallest absolute Gasteiger partial charge is 0.283 e. The molecule has 1 aromatic rings. The number of aliphatic hydroxyl groups is 1. The molecule has 0 aliphatic rings. The van der Waals surface area contributed by atoms with E-state index in [0.717, 1.165) is 5.56 Å². The fourth-order valence-electron chi connectivity index (χ4n) is 1.62. The normalized spacial score (nSPS) is 12.7. The van der Waals surface area contributed by atoms with Crippen molar-refractivity contribution in [3.05, 3.63) is 38.3 Å². The summed E-state index contributed by atoms with van der Waals surface area (Å²) in [5.41, 5.74) is 0.926. The molecule has 0 saturated heterocycles. The summed E-state index contributed by atoms with van der Waals surface area (Å²) in [6.07, 6.45) is 0.364. The zero-order chi connectivity index (χ0) is 14.4. The summed E-state index contributed by atoms with van der Waals surface area (Å²) in [6.45, 7) is 5.19. The third-order valence-corrected chi connectivity index (χ3v) is 3.59. The van der Waals surface area contributed by atoms with E-state index in [9.17, 15) is 15.2 Å². The lowest BCUT2D eigenvalue weighted by Gasteiger charge is -2.14. The van der Waals surface area contributed by atoms with Crippen LogP contribution in [0, 0.1) is 16.0 Å². The molecule has 0 heterocycles. The van der Waals surface area contributed by atoms with Crippen molar-refractivity contribution in [2.45, 2.75) is 32.9 Å². The highest BCUT2D eigenvalue weighted by atomic mass is 79.9. The molecule has 0 radical (unpaired) electrons. The number of halogens is 1. The number of nitro benzene ring substituents is 1. The van der Waals surface area contributed by atoms with Gasteiger partial charge in [0.25, 0.3) is 5.69 Å². The van der Waals surface area contributed by atoms with E-state index in [0.29, 0.717) is 24.0 Å². The molecule has 5 nitrogen and oxygen atoms in total. The third-order valence-electron chi connectivity index (χ3n) is 2.92. The van der Waals surface area contributed by atoms with Crippen LogP contribution < -0.4 is 5.32 Å². The minimum absolute atomic E-state index is 0.0708. The van der Waals surface area contributed by atoms with Gasteiger partial charge in [0, 0.05) is 12.6 Å². The fourth-order valence-corrected chi connectivity index (χ4v) is 2.02. The van der Waals surface area contributed by atoms with E-state index in [-0.39, 0.29) is 17.7 Å². The van der Waals surface area contributed by atoms with Crippen molar-refractivity contribution >= 4 is 21.6 Å². The Morgan fingerprint density at radius 3 is 2.74 bits per heavy atom. The summed E-state index contributed by atoms with van der Waals surface area (Å²) in [6, 6.07) is 5.07. The van der Waals surface area contributed by atoms with Gasteiger partial charge in [-0.05, 0) is 46.4 Å². The van der Waals surface area contributed by atoms with E-state index in [1.807, 2.05) is 19.9 Å². The second kappa shape index (κ2) is 7.57. The van der Waals surface area contributed by atoms with Crippen LogP contribution in [-0.4, -0.2) is 22.7 Å². The molecule has 0 bridgehead atoms.